The topological polar surface area (TPSA) is 66.4 Å². The molecule has 0 saturated heterocycles. The second-order valence-corrected chi connectivity index (χ2v) is 9.24. The van der Waals surface area contributed by atoms with E-state index in [9.17, 15) is 13.5 Å². The SMILES string of the molecule is CC(C)(C)c1ccc(S(=O)(=O)NCCC(O)c2cccs2)cc1. The van der Waals surface area contributed by atoms with E-state index >= 15 is 0 Å². The molecule has 2 aromatic rings. The van der Waals surface area contributed by atoms with Gasteiger partial charge in [-0.2, -0.15) is 0 Å². The van der Waals surface area contributed by atoms with Crippen molar-refractivity contribution in [3.8, 4) is 0 Å². The molecule has 0 bridgehead atoms. The first kappa shape index (κ1) is 18.1. The van der Waals surface area contributed by atoms with Crippen LogP contribution < -0.4 is 4.72 Å². The lowest BCUT2D eigenvalue weighted by Crippen LogP contribution is -2.26. The number of sulfonamides is 1. The van der Waals surface area contributed by atoms with Gasteiger partial charge in [-0.3, -0.25) is 0 Å². The number of rotatable bonds is 6. The Morgan fingerprint density at radius 1 is 1.17 bits per heavy atom. The molecular formula is C17H23NO3S2. The molecule has 4 nitrogen and oxygen atoms in total. The Kier molecular flexibility index (Phi) is 5.62. The molecule has 6 heteroatoms. The van der Waals surface area contributed by atoms with Crippen molar-refractivity contribution in [3.63, 3.8) is 0 Å². The van der Waals surface area contributed by atoms with E-state index < -0.39 is 16.1 Å². The summed E-state index contributed by atoms with van der Waals surface area (Å²) in [5.41, 5.74) is 1.07. The zero-order chi connectivity index (χ0) is 17.1. The van der Waals surface area contributed by atoms with Crippen LogP contribution in [0.3, 0.4) is 0 Å². The second kappa shape index (κ2) is 7.13. The van der Waals surface area contributed by atoms with E-state index in [1.807, 2.05) is 29.6 Å². The van der Waals surface area contributed by atoms with Gasteiger partial charge < -0.3 is 5.11 Å². The van der Waals surface area contributed by atoms with Crippen LogP contribution in [0.15, 0.2) is 46.7 Å². The Morgan fingerprint density at radius 2 is 1.83 bits per heavy atom. The molecule has 0 aliphatic rings. The Balaban J connectivity index is 1.96. The van der Waals surface area contributed by atoms with Gasteiger partial charge in [0.2, 0.25) is 10.0 Å². The van der Waals surface area contributed by atoms with Crippen molar-refractivity contribution in [2.75, 3.05) is 6.54 Å². The lowest BCUT2D eigenvalue weighted by atomic mass is 9.87. The minimum atomic E-state index is -3.54. The Morgan fingerprint density at radius 3 is 2.35 bits per heavy atom. The normalized spacial score (nSPS) is 13.9. The summed E-state index contributed by atoms with van der Waals surface area (Å²) in [6, 6.07) is 10.6. The van der Waals surface area contributed by atoms with Gasteiger partial charge in [-0.05, 0) is 41.0 Å². The molecule has 1 unspecified atom stereocenters. The number of aliphatic hydroxyl groups is 1. The molecule has 0 aliphatic carbocycles. The molecule has 0 amide bonds. The van der Waals surface area contributed by atoms with Crippen LogP contribution in [0.25, 0.3) is 0 Å². The Hall–Kier alpha value is -1.21. The predicted molar refractivity (Wildman–Crippen MR) is 94.2 cm³/mol. The molecule has 1 heterocycles. The van der Waals surface area contributed by atoms with Gasteiger partial charge in [-0.15, -0.1) is 11.3 Å². The van der Waals surface area contributed by atoms with Crippen LogP contribution in [-0.2, 0) is 15.4 Å². The highest BCUT2D eigenvalue weighted by Crippen LogP contribution is 2.24. The summed E-state index contributed by atoms with van der Waals surface area (Å²) in [6.07, 6.45) is -0.291. The van der Waals surface area contributed by atoms with Crippen molar-refractivity contribution in [2.24, 2.45) is 0 Å². The van der Waals surface area contributed by atoms with Crippen molar-refractivity contribution >= 4 is 21.4 Å². The summed E-state index contributed by atoms with van der Waals surface area (Å²) in [7, 11) is -3.54. The van der Waals surface area contributed by atoms with Gasteiger partial charge in [-0.1, -0.05) is 39.0 Å². The average Bonchev–Trinajstić information content (AvgIpc) is 3.00. The number of hydrogen-bond acceptors (Lipinski definition) is 4. The van der Waals surface area contributed by atoms with Crippen LogP contribution in [0.4, 0.5) is 0 Å². The van der Waals surface area contributed by atoms with Gasteiger partial charge in [0, 0.05) is 11.4 Å². The molecule has 0 saturated carbocycles. The van der Waals surface area contributed by atoms with Crippen molar-refractivity contribution in [2.45, 2.75) is 43.6 Å². The summed E-state index contributed by atoms with van der Waals surface area (Å²) in [6.45, 7) is 6.45. The number of thiophene rings is 1. The maximum Gasteiger partial charge on any atom is 0.240 e. The number of hydrogen-bond donors (Lipinski definition) is 2. The quantitative estimate of drug-likeness (QED) is 0.836. The largest absolute Gasteiger partial charge is 0.388 e. The number of benzene rings is 1. The fourth-order valence-corrected chi connectivity index (χ4v) is 3.96. The highest BCUT2D eigenvalue weighted by Gasteiger charge is 2.18. The van der Waals surface area contributed by atoms with Crippen molar-refractivity contribution < 1.29 is 13.5 Å². The van der Waals surface area contributed by atoms with E-state index in [2.05, 4.69) is 25.5 Å². The molecule has 1 aromatic heterocycles. The van der Waals surface area contributed by atoms with Crippen molar-refractivity contribution in [3.05, 3.63) is 52.2 Å². The number of aliphatic hydroxyl groups excluding tert-OH is 1. The van der Waals surface area contributed by atoms with E-state index in [-0.39, 0.29) is 16.9 Å². The summed E-state index contributed by atoms with van der Waals surface area (Å²) >= 11 is 1.46. The van der Waals surface area contributed by atoms with E-state index in [4.69, 9.17) is 0 Å². The molecule has 1 atom stereocenters. The van der Waals surface area contributed by atoms with Crippen LogP contribution in [0.1, 0.15) is 43.7 Å². The Bertz CT molecular complexity index is 714. The van der Waals surface area contributed by atoms with Crippen LogP contribution >= 0.6 is 11.3 Å². The first-order valence-electron chi connectivity index (χ1n) is 7.52. The van der Waals surface area contributed by atoms with E-state index in [0.29, 0.717) is 6.42 Å². The Labute approximate surface area is 142 Å². The summed E-state index contributed by atoms with van der Waals surface area (Å²) in [5.74, 6) is 0. The monoisotopic (exact) mass is 353 g/mol. The molecule has 0 fully saturated rings. The fourth-order valence-electron chi connectivity index (χ4n) is 2.17. The number of nitrogens with one attached hydrogen (secondary N) is 1. The maximum absolute atomic E-state index is 12.3. The minimum absolute atomic E-state index is 0.0134. The van der Waals surface area contributed by atoms with Gasteiger partial charge in [0.15, 0.2) is 0 Å². The van der Waals surface area contributed by atoms with Gasteiger partial charge in [0.25, 0.3) is 0 Å². The van der Waals surface area contributed by atoms with E-state index in [1.54, 1.807) is 12.1 Å². The van der Waals surface area contributed by atoms with E-state index in [1.165, 1.54) is 11.3 Å². The first-order chi connectivity index (χ1) is 10.7. The van der Waals surface area contributed by atoms with Gasteiger partial charge in [0.05, 0.1) is 11.0 Å². The average molecular weight is 354 g/mol. The molecule has 2 rings (SSSR count). The van der Waals surface area contributed by atoms with Crippen LogP contribution in [0.5, 0.6) is 0 Å². The zero-order valence-electron chi connectivity index (χ0n) is 13.6. The first-order valence-corrected chi connectivity index (χ1v) is 9.88. The summed E-state index contributed by atoms with van der Waals surface area (Å²) < 4.78 is 27.1. The molecule has 1 aromatic carbocycles. The molecule has 2 N–H and O–H groups in total. The fraction of sp³-hybridized carbons (Fsp3) is 0.412. The van der Waals surface area contributed by atoms with Crippen LogP contribution in [0.2, 0.25) is 0 Å². The molecule has 0 radical (unpaired) electrons. The summed E-state index contributed by atoms with van der Waals surface area (Å²) in [4.78, 5) is 1.09. The highest BCUT2D eigenvalue weighted by atomic mass is 32.2. The maximum atomic E-state index is 12.3. The predicted octanol–water partition coefficient (Wildman–Crippen LogP) is 3.45. The van der Waals surface area contributed by atoms with E-state index in [0.717, 1.165) is 10.4 Å². The van der Waals surface area contributed by atoms with Gasteiger partial charge in [-0.25, -0.2) is 13.1 Å². The van der Waals surface area contributed by atoms with Gasteiger partial charge in [0.1, 0.15) is 0 Å². The van der Waals surface area contributed by atoms with Crippen molar-refractivity contribution in [1.29, 1.82) is 0 Å². The lowest BCUT2D eigenvalue weighted by molar-refractivity contribution is 0.173. The third-order valence-electron chi connectivity index (χ3n) is 3.61. The third-order valence-corrected chi connectivity index (χ3v) is 6.06. The minimum Gasteiger partial charge on any atom is -0.388 e. The molecular weight excluding hydrogens is 330 g/mol. The molecule has 0 spiro atoms. The summed E-state index contributed by atoms with van der Waals surface area (Å²) in [5, 5.41) is 11.9. The second-order valence-electron chi connectivity index (χ2n) is 6.49. The molecule has 23 heavy (non-hydrogen) atoms. The highest BCUT2D eigenvalue weighted by molar-refractivity contribution is 7.89. The van der Waals surface area contributed by atoms with Crippen molar-refractivity contribution in [1.82, 2.24) is 4.72 Å². The third kappa shape index (κ3) is 4.88. The van der Waals surface area contributed by atoms with Crippen LogP contribution in [0, 0.1) is 0 Å². The smallest absolute Gasteiger partial charge is 0.240 e. The molecule has 126 valence electrons. The standard InChI is InChI=1S/C17H23NO3S2/c1-17(2,3)13-6-8-14(9-7-13)23(20,21)18-11-10-15(19)16-5-4-12-22-16/h4-9,12,15,18-19H,10-11H2,1-3H3. The van der Waals surface area contributed by atoms with Crippen LogP contribution in [-0.4, -0.2) is 20.1 Å². The lowest BCUT2D eigenvalue weighted by Gasteiger charge is -2.19. The van der Waals surface area contributed by atoms with Gasteiger partial charge >= 0.3 is 0 Å². The zero-order valence-corrected chi connectivity index (χ0v) is 15.2. The molecule has 0 aliphatic heterocycles.